The zero-order valence-electron chi connectivity index (χ0n) is 13.4. The number of para-hydroxylation sites is 1. The Morgan fingerprint density at radius 3 is 3.04 bits per heavy atom. The minimum Gasteiger partial charge on any atom is -0.498 e. The molecule has 5 heterocycles. The van der Waals surface area contributed by atoms with E-state index >= 15 is 0 Å². The molecule has 1 aromatic carbocycles. The molecule has 120 valence electrons. The van der Waals surface area contributed by atoms with Gasteiger partial charge in [-0.15, -0.1) is 0 Å². The van der Waals surface area contributed by atoms with E-state index in [4.69, 9.17) is 4.74 Å². The van der Waals surface area contributed by atoms with Crippen LogP contribution in [0.25, 0.3) is 0 Å². The van der Waals surface area contributed by atoms with Gasteiger partial charge in [-0.2, -0.15) is 0 Å². The van der Waals surface area contributed by atoms with Crippen molar-refractivity contribution in [2.24, 2.45) is 11.8 Å². The average Bonchev–Trinajstić information content (AvgIpc) is 2.94. The molecule has 0 saturated carbocycles. The zero-order chi connectivity index (χ0) is 15.6. The number of piperidine rings is 1. The van der Waals surface area contributed by atoms with Gasteiger partial charge in [-0.25, -0.2) is 0 Å². The van der Waals surface area contributed by atoms with Crippen LogP contribution in [-0.4, -0.2) is 36.0 Å². The number of carbonyl (C=O) groups is 1. The van der Waals surface area contributed by atoms with Crippen LogP contribution in [0.2, 0.25) is 0 Å². The van der Waals surface area contributed by atoms with Crippen molar-refractivity contribution in [3.63, 3.8) is 0 Å². The van der Waals surface area contributed by atoms with E-state index in [9.17, 15) is 4.79 Å². The summed E-state index contributed by atoms with van der Waals surface area (Å²) in [5, 5.41) is 3.72. The van der Waals surface area contributed by atoms with Crippen LogP contribution in [0.4, 0.5) is 5.69 Å². The molecule has 4 heteroatoms. The molecule has 5 aliphatic heterocycles. The molecule has 1 amide bonds. The lowest BCUT2D eigenvalue weighted by molar-refractivity contribution is -0.139. The second-order valence-electron chi connectivity index (χ2n) is 7.38. The summed E-state index contributed by atoms with van der Waals surface area (Å²) in [4.78, 5) is 14.6. The number of ether oxygens (including phenoxy) is 1. The van der Waals surface area contributed by atoms with Crippen molar-refractivity contribution in [1.29, 1.82) is 0 Å². The van der Waals surface area contributed by atoms with Gasteiger partial charge in [0.25, 0.3) is 0 Å². The maximum absolute atomic E-state index is 12.5. The largest absolute Gasteiger partial charge is 0.498 e. The van der Waals surface area contributed by atoms with Crippen LogP contribution in [0, 0.1) is 11.8 Å². The number of carbonyl (C=O) groups excluding carboxylic acids is 1. The first-order valence-electron chi connectivity index (χ1n) is 8.71. The summed E-state index contributed by atoms with van der Waals surface area (Å²) >= 11 is 0. The zero-order valence-corrected chi connectivity index (χ0v) is 13.4. The Labute approximate surface area is 136 Å². The van der Waals surface area contributed by atoms with Crippen molar-refractivity contribution in [1.82, 2.24) is 4.90 Å². The van der Waals surface area contributed by atoms with Gasteiger partial charge >= 0.3 is 0 Å². The summed E-state index contributed by atoms with van der Waals surface area (Å²) in [6.45, 7) is 3.85. The summed E-state index contributed by atoms with van der Waals surface area (Å²) in [5.41, 5.74) is 3.95. The molecule has 0 aromatic heterocycles. The third kappa shape index (κ3) is 1.87. The highest BCUT2D eigenvalue weighted by atomic mass is 16.5. The smallest absolute Gasteiger partial charge is 0.223 e. The Balaban J connectivity index is 1.62. The molecule has 1 aromatic rings. The third-order valence-corrected chi connectivity index (χ3v) is 6.29. The summed E-state index contributed by atoms with van der Waals surface area (Å²) in [6.07, 6.45) is 3.83. The summed E-state index contributed by atoms with van der Waals surface area (Å²) in [5.74, 6) is 1.51. The molecule has 3 saturated heterocycles. The molecule has 1 unspecified atom stereocenters. The number of fused-ring (bicyclic) bond motifs is 3. The highest BCUT2D eigenvalue weighted by Gasteiger charge is 2.48. The van der Waals surface area contributed by atoms with Gasteiger partial charge in [0, 0.05) is 43.0 Å². The maximum atomic E-state index is 12.5. The van der Waals surface area contributed by atoms with Crippen LogP contribution < -0.4 is 5.32 Å². The van der Waals surface area contributed by atoms with E-state index in [1.165, 1.54) is 16.8 Å². The van der Waals surface area contributed by atoms with E-state index in [1.54, 1.807) is 0 Å². The van der Waals surface area contributed by atoms with Gasteiger partial charge in [0.15, 0.2) is 0 Å². The molecule has 4 nitrogen and oxygen atoms in total. The number of anilines is 1. The topological polar surface area (TPSA) is 41.6 Å². The van der Waals surface area contributed by atoms with Crippen molar-refractivity contribution in [3.05, 3.63) is 41.7 Å². The monoisotopic (exact) mass is 310 g/mol. The molecule has 6 rings (SSSR count). The van der Waals surface area contributed by atoms with E-state index in [2.05, 4.69) is 41.4 Å². The molecule has 4 bridgehead atoms. The minimum atomic E-state index is 0.194. The van der Waals surface area contributed by atoms with Crippen molar-refractivity contribution >= 4 is 11.6 Å². The SMILES string of the molecule is C[C@H]1OC=C2[C@H]3CC(=O)N(CCC4c5ccccc5N[C@@H]24)C[C@H]31. The van der Waals surface area contributed by atoms with E-state index in [0.29, 0.717) is 30.1 Å². The van der Waals surface area contributed by atoms with Crippen molar-refractivity contribution in [3.8, 4) is 0 Å². The van der Waals surface area contributed by atoms with Crippen molar-refractivity contribution in [2.45, 2.75) is 37.8 Å². The quantitative estimate of drug-likeness (QED) is 0.801. The molecule has 5 atom stereocenters. The summed E-state index contributed by atoms with van der Waals surface area (Å²) < 4.78 is 5.99. The molecule has 1 N–H and O–H groups in total. The standard InChI is InChI=1S/C19H22N2O2/c1-11-15-9-21-7-6-13-12-4-2-3-5-17(12)20-19(13)16(10-23-11)14(15)8-18(21)22/h2-5,10-11,13-15,19-20H,6-9H2,1H3/t11-,13?,14+,15+,19-/m1/s1. The molecule has 0 radical (unpaired) electrons. The number of rotatable bonds is 0. The first kappa shape index (κ1) is 13.5. The molecule has 3 fully saturated rings. The maximum Gasteiger partial charge on any atom is 0.223 e. The molecule has 0 spiro atoms. The van der Waals surface area contributed by atoms with Crippen molar-refractivity contribution < 1.29 is 9.53 Å². The average molecular weight is 310 g/mol. The fourth-order valence-corrected chi connectivity index (χ4v) is 5.02. The van der Waals surface area contributed by atoms with Crippen LogP contribution >= 0.6 is 0 Å². The van der Waals surface area contributed by atoms with Crippen LogP contribution in [-0.2, 0) is 9.53 Å². The fraction of sp³-hybridized carbons (Fsp3) is 0.526. The van der Waals surface area contributed by atoms with Gasteiger partial charge in [-0.1, -0.05) is 18.2 Å². The lowest BCUT2D eigenvalue weighted by Crippen LogP contribution is -2.50. The Kier molecular flexibility index (Phi) is 2.79. The van der Waals surface area contributed by atoms with Crippen LogP contribution in [0.15, 0.2) is 36.1 Å². The van der Waals surface area contributed by atoms with Crippen molar-refractivity contribution in [2.75, 3.05) is 18.4 Å². The molecule has 5 aliphatic rings. The van der Waals surface area contributed by atoms with Gasteiger partial charge in [0.2, 0.25) is 5.91 Å². The lowest BCUT2D eigenvalue weighted by atomic mass is 9.73. The van der Waals surface area contributed by atoms with Crippen LogP contribution in [0.1, 0.15) is 31.2 Å². The Bertz CT molecular complexity index is 698. The molecular formula is C19H22N2O2. The third-order valence-electron chi connectivity index (χ3n) is 6.29. The summed E-state index contributed by atoms with van der Waals surface area (Å²) in [6, 6.07) is 8.88. The predicted molar refractivity (Wildman–Crippen MR) is 88.0 cm³/mol. The Hall–Kier alpha value is -1.97. The highest BCUT2D eigenvalue weighted by molar-refractivity contribution is 5.78. The number of hydrogen-bond acceptors (Lipinski definition) is 3. The molecular weight excluding hydrogens is 288 g/mol. The van der Waals surface area contributed by atoms with Gasteiger partial charge < -0.3 is 15.0 Å². The second kappa shape index (κ2) is 4.76. The number of hydrogen-bond donors (Lipinski definition) is 1. The van der Waals surface area contributed by atoms with Gasteiger partial charge in [0.05, 0.1) is 12.3 Å². The lowest BCUT2D eigenvalue weighted by Gasteiger charge is -2.44. The predicted octanol–water partition coefficient (Wildman–Crippen LogP) is 2.74. The second-order valence-corrected chi connectivity index (χ2v) is 7.38. The number of nitrogens with zero attached hydrogens (tertiary/aromatic N) is 1. The first-order chi connectivity index (χ1) is 11.2. The Morgan fingerprint density at radius 2 is 2.13 bits per heavy atom. The molecule has 0 aliphatic carbocycles. The van der Waals surface area contributed by atoms with Gasteiger partial charge in [-0.3, -0.25) is 4.79 Å². The number of benzene rings is 1. The first-order valence-corrected chi connectivity index (χ1v) is 8.71. The van der Waals surface area contributed by atoms with Crippen LogP contribution in [0.3, 0.4) is 0 Å². The van der Waals surface area contributed by atoms with E-state index in [-0.39, 0.29) is 12.1 Å². The normalized spacial score (nSPS) is 37.6. The van der Waals surface area contributed by atoms with E-state index in [0.717, 1.165) is 19.5 Å². The molecule has 23 heavy (non-hydrogen) atoms. The minimum absolute atomic E-state index is 0.194. The van der Waals surface area contributed by atoms with E-state index < -0.39 is 0 Å². The fourth-order valence-electron chi connectivity index (χ4n) is 5.02. The number of amides is 1. The van der Waals surface area contributed by atoms with Crippen LogP contribution in [0.5, 0.6) is 0 Å². The van der Waals surface area contributed by atoms with E-state index in [1.807, 2.05) is 6.26 Å². The number of nitrogens with one attached hydrogen (secondary N) is 1. The highest BCUT2D eigenvalue weighted by Crippen LogP contribution is 2.48. The Morgan fingerprint density at radius 1 is 1.26 bits per heavy atom. The van der Waals surface area contributed by atoms with Gasteiger partial charge in [-0.05, 0) is 30.5 Å². The van der Waals surface area contributed by atoms with Gasteiger partial charge in [0.1, 0.15) is 6.10 Å². The summed E-state index contributed by atoms with van der Waals surface area (Å²) in [7, 11) is 0.